The highest BCUT2D eigenvalue weighted by molar-refractivity contribution is 6.02. The van der Waals surface area contributed by atoms with Gasteiger partial charge in [-0.3, -0.25) is 4.68 Å². The number of aromatic nitrogens is 2. The zero-order valence-electron chi connectivity index (χ0n) is 13.8. The zero-order chi connectivity index (χ0) is 18.0. The first kappa shape index (κ1) is 16.9. The lowest BCUT2D eigenvalue weighted by atomic mass is 10.1. The molecule has 0 atom stereocenters. The van der Waals surface area contributed by atoms with E-state index in [1.54, 1.807) is 31.2 Å². The number of carbonyl (C=O) groups excluding carboxylic acids is 1. The van der Waals surface area contributed by atoms with Gasteiger partial charge in [0.15, 0.2) is 5.69 Å². The molecule has 130 valence electrons. The molecule has 0 fully saturated rings. The number of nitrogens with zero attached hydrogens (tertiary/aromatic N) is 2. The Hall–Kier alpha value is -2.96. The van der Waals surface area contributed by atoms with Crippen molar-refractivity contribution in [2.75, 3.05) is 13.7 Å². The molecule has 0 radical (unpaired) electrons. The summed E-state index contributed by atoms with van der Waals surface area (Å²) >= 11 is 0. The van der Waals surface area contributed by atoms with E-state index in [-0.39, 0.29) is 23.6 Å². The van der Waals surface area contributed by atoms with Gasteiger partial charge in [-0.1, -0.05) is 18.2 Å². The third-order valence-corrected chi connectivity index (χ3v) is 3.76. The second-order valence-corrected chi connectivity index (χ2v) is 5.31. The van der Waals surface area contributed by atoms with Crippen molar-refractivity contribution >= 4 is 16.9 Å². The van der Waals surface area contributed by atoms with Crippen molar-refractivity contribution in [3.05, 3.63) is 59.3 Å². The quantitative estimate of drug-likeness (QED) is 0.663. The van der Waals surface area contributed by atoms with Crippen LogP contribution in [-0.2, 0) is 11.3 Å². The third kappa shape index (κ3) is 3.17. The lowest BCUT2D eigenvalue weighted by molar-refractivity contribution is 0.0589. The van der Waals surface area contributed by atoms with Crippen LogP contribution >= 0.6 is 0 Å². The van der Waals surface area contributed by atoms with Crippen molar-refractivity contribution in [2.45, 2.75) is 13.5 Å². The van der Waals surface area contributed by atoms with Gasteiger partial charge in [0.2, 0.25) is 0 Å². The van der Waals surface area contributed by atoms with Crippen LogP contribution in [0.1, 0.15) is 23.0 Å². The second kappa shape index (κ2) is 6.88. The fourth-order valence-electron chi connectivity index (χ4n) is 2.64. The number of ether oxygens (including phenoxy) is 2. The smallest absolute Gasteiger partial charge is 0.356 e. The van der Waals surface area contributed by atoms with Crippen molar-refractivity contribution in [1.82, 2.24) is 9.78 Å². The number of fused-ring (bicyclic) bond motifs is 1. The van der Waals surface area contributed by atoms with E-state index in [0.29, 0.717) is 17.5 Å². The molecule has 0 saturated heterocycles. The van der Waals surface area contributed by atoms with Crippen LogP contribution in [-0.4, -0.2) is 29.5 Å². The highest BCUT2D eigenvalue weighted by atomic mass is 19.1. The normalized spacial score (nSPS) is 10.9. The van der Waals surface area contributed by atoms with Crippen molar-refractivity contribution < 1.29 is 23.0 Å². The number of esters is 1. The van der Waals surface area contributed by atoms with Gasteiger partial charge in [0, 0.05) is 23.1 Å². The molecule has 0 aliphatic heterocycles. The fraction of sp³-hybridized carbons (Fsp3) is 0.222. The molecular weight excluding hydrogens is 330 g/mol. The van der Waals surface area contributed by atoms with Gasteiger partial charge in [0.1, 0.15) is 17.4 Å². The Morgan fingerprint density at radius 3 is 2.52 bits per heavy atom. The molecule has 25 heavy (non-hydrogen) atoms. The molecule has 1 heterocycles. The zero-order valence-corrected chi connectivity index (χ0v) is 13.8. The van der Waals surface area contributed by atoms with Crippen LogP contribution in [0, 0.1) is 11.6 Å². The van der Waals surface area contributed by atoms with Gasteiger partial charge < -0.3 is 9.47 Å². The summed E-state index contributed by atoms with van der Waals surface area (Å²) in [6.07, 6.45) is 0. The molecule has 0 spiro atoms. The van der Waals surface area contributed by atoms with Crippen LogP contribution in [0.4, 0.5) is 8.78 Å². The minimum absolute atomic E-state index is 0.111. The summed E-state index contributed by atoms with van der Waals surface area (Å²) in [4.78, 5) is 12.1. The minimum atomic E-state index is -0.765. The van der Waals surface area contributed by atoms with E-state index in [2.05, 4.69) is 5.10 Å². The van der Waals surface area contributed by atoms with E-state index in [1.165, 1.54) is 11.8 Å². The molecule has 0 amide bonds. The van der Waals surface area contributed by atoms with E-state index >= 15 is 0 Å². The predicted octanol–water partition coefficient (Wildman–Crippen LogP) is 3.55. The fourth-order valence-corrected chi connectivity index (χ4v) is 2.64. The average molecular weight is 346 g/mol. The molecule has 1 aromatic heterocycles. The molecule has 2 aromatic carbocycles. The van der Waals surface area contributed by atoms with Crippen LogP contribution in [0.3, 0.4) is 0 Å². The molecule has 3 rings (SSSR count). The van der Waals surface area contributed by atoms with Crippen LogP contribution in [0.15, 0.2) is 36.4 Å². The number of hydrogen-bond acceptors (Lipinski definition) is 4. The number of carbonyl (C=O) groups is 1. The first-order valence-electron chi connectivity index (χ1n) is 7.69. The van der Waals surface area contributed by atoms with Gasteiger partial charge in [-0.2, -0.15) is 5.10 Å². The summed E-state index contributed by atoms with van der Waals surface area (Å²) in [5.74, 6) is -2.04. The predicted molar refractivity (Wildman–Crippen MR) is 87.7 cm³/mol. The van der Waals surface area contributed by atoms with E-state index in [1.807, 2.05) is 0 Å². The van der Waals surface area contributed by atoms with Gasteiger partial charge in [-0.25, -0.2) is 13.6 Å². The monoisotopic (exact) mass is 346 g/mol. The van der Waals surface area contributed by atoms with Crippen molar-refractivity contribution in [3.8, 4) is 5.75 Å². The van der Waals surface area contributed by atoms with E-state index in [4.69, 9.17) is 9.47 Å². The maximum atomic E-state index is 14.3. The van der Waals surface area contributed by atoms with E-state index in [9.17, 15) is 13.6 Å². The summed E-state index contributed by atoms with van der Waals surface area (Å²) in [6.45, 7) is 1.78. The van der Waals surface area contributed by atoms with Crippen molar-refractivity contribution in [3.63, 3.8) is 0 Å². The number of benzene rings is 2. The topological polar surface area (TPSA) is 53.4 Å². The van der Waals surface area contributed by atoms with E-state index in [0.717, 1.165) is 12.1 Å². The first-order valence-corrected chi connectivity index (χ1v) is 7.69. The number of halogens is 2. The standard InChI is InChI=1S/C18H16F2N2O3/c1-3-25-11-8-14(19)13(15(20)9-11)10-22-17(18(23)24-2)12-6-4-5-7-16(12)21-22/h4-9H,3,10H2,1-2H3. The van der Waals surface area contributed by atoms with Gasteiger partial charge in [-0.05, 0) is 13.0 Å². The summed E-state index contributed by atoms with van der Waals surface area (Å²) < 4.78 is 39.8. The van der Waals surface area contributed by atoms with Crippen molar-refractivity contribution in [2.24, 2.45) is 0 Å². The number of hydrogen-bond donors (Lipinski definition) is 0. The highest BCUT2D eigenvalue weighted by Crippen LogP contribution is 2.24. The third-order valence-electron chi connectivity index (χ3n) is 3.76. The van der Waals surface area contributed by atoms with Gasteiger partial charge in [0.05, 0.1) is 25.8 Å². The Bertz CT molecular complexity index is 914. The molecule has 0 N–H and O–H groups in total. The highest BCUT2D eigenvalue weighted by Gasteiger charge is 2.21. The largest absolute Gasteiger partial charge is 0.494 e. The van der Waals surface area contributed by atoms with Crippen molar-refractivity contribution in [1.29, 1.82) is 0 Å². The average Bonchev–Trinajstić information content (AvgIpc) is 2.96. The molecule has 7 heteroatoms. The SMILES string of the molecule is CCOc1cc(F)c(Cn2nc3ccccc3c2C(=O)OC)c(F)c1. The van der Waals surface area contributed by atoms with Crippen LogP contribution in [0.2, 0.25) is 0 Å². The van der Waals surface area contributed by atoms with Gasteiger partial charge in [0.25, 0.3) is 0 Å². The maximum absolute atomic E-state index is 14.3. The molecule has 0 aliphatic rings. The van der Waals surface area contributed by atoms with Gasteiger partial charge in [-0.15, -0.1) is 0 Å². The Morgan fingerprint density at radius 1 is 1.20 bits per heavy atom. The Balaban J connectivity index is 2.08. The second-order valence-electron chi connectivity index (χ2n) is 5.31. The Morgan fingerprint density at radius 2 is 1.88 bits per heavy atom. The van der Waals surface area contributed by atoms with Gasteiger partial charge >= 0.3 is 5.97 Å². The minimum Gasteiger partial charge on any atom is -0.494 e. The maximum Gasteiger partial charge on any atom is 0.356 e. The summed E-state index contributed by atoms with van der Waals surface area (Å²) in [7, 11) is 1.24. The molecule has 0 aliphatic carbocycles. The molecule has 0 saturated carbocycles. The lowest BCUT2D eigenvalue weighted by Gasteiger charge is -2.10. The summed E-state index contributed by atoms with van der Waals surface area (Å²) in [5, 5.41) is 4.83. The first-order chi connectivity index (χ1) is 12.0. The Kier molecular flexibility index (Phi) is 4.65. The Labute approximate surface area is 142 Å². The molecule has 3 aromatic rings. The number of methoxy groups -OCH3 is 1. The van der Waals surface area contributed by atoms with Crippen LogP contribution in [0.25, 0.3) is 10.9 Å². The van der Waals surface area contributed by atoms with Crippen LogP contribution < -0.4 is 4.74 Å². The number of rotatable bonds is 5. The summed E-state index contributed by atoms with van der Waals surface area (Å²) in [5.41, 5.74) is 0.474. The molecular formula is C18H16F2N2O3. The lowest BCUT2D eigenvalue weighted by Crippen LogP contribution is -2.14. The van der Waals surface area contributed by atoms with E-state index < -0.39 is 17.6 Å². The summed E-state index contributed by atoms with van der Waals surface area (Å²) in [6, 6.07) is 9.16. The molecule has 5 nitrogen and oxygen atoms in total. The molecule has 0 unspecified atom stereocenters. The molecule has 0 bridgehead atoms. The van der Waals surface area contributed by atoms with Crippen LogP contribution in [0.5, 0.6) is 5.75 Å².